The summed E-state index contributed by atoms with van der Waals surface area (Å²) < 4.78 is 5.87. The van der Waals surface area contributed by atoms with Gasteiger partial charge in [0.15, 0.2) is 11.5 Å². The van der Waals surface area contributed by atoms with Gasteiger partial charge in [0.05, 0.1) is 6.20 Å². The summed E-state index contributed by atoms with van der Waals surface area (Å²) in [5.41, 5.74) is 8.45. The average Bonchev–Trinajstić information content (AvgIpc) is 3.20. The van der Waals surface area contributed by atoms with Gasteiger partial charge in [0.25, 0.3) is 5.89 Å². The van der Waals surface area contributed by atoms with Gasteiger partial charge in [0, 0.05) is 49.5 Å². The Bertz CT molecular complexity index is 1120. The second-order valence-electron chi connectivity index (χ2n) is 8.28. The fourth-order valence-electron chi connectivity index (χ4n) is 4.32. The Kier molecular flexibility index (Phi) is 5.22. The van der Waals surface area contributed by atoms with Gasteiger partial charge >= 0.3 is 0 Å². The Morgan fingerprint density at radius 3 is 2.59 bits per heavy atom. The zero-order valence-electron chi connectivity index (χ0n) is 18.1. The van der Waals surface area contributed by atoms with E-state index in [9.17, 15) is 4.79 Å². The molecular weight excluding hydrogens is 408 g/mol. The minimum absolute atomic E-state index is 0.106. The van der Waals surface area contributed by atoms with Crippen LogP contribution in [0.5, 0.6) is 0 Å². The van der Waals surface area contributed by atoms with E-state index in [-0.39, 0.29) is 23.7 Å². The third-order valence-electron chi connectivity index (χ3n) is 6.16. The summed E-state index contributed by atoms with van der Waals surface area (Å²) in [4.78, 5) is 22.8. The van der Waals surface area contributed by atoms with Crippen molar-refractivity contribution < 1.29 is 9.21 Å². The third-order valence-corrected chi connectivity index (χ3v) is 6.16. The van der Waals surface area contributed by atoms with Crippen LogP contribution in [0.3, 0.4) is 0 Å². The van der Waals surface area contributed by atoms with Crippen molar-refractivity contribution >= 4 is 17.5 Å². The zero-order chi connectivity index (χ0) is 22.2. The summed E-state index contributed by atoms with van der Waals surface area (Å²) >= 11 is 0. The van der Waals surface area contributed by atoms with Gasteiger partial charge in [-0.25, -0.2) is 9.97 Å². The van der Waals surface area contributed by atoms with Crippen molar-refractivity contribution in [1.29, 1.82) is 0 Å². The monoisotopic (exact) mass is 434 g/mol. The molecule has 2 fully saturated rings. The zero-order valence-corrected chi connectivity index (χ0v) is 18.1. The maximum absolute atomic E-state index is 11.6. The van der Waals surface area contributed by atoms with E-state index in [0.29, 0.717) is 29.8 Å². The predicted octanol–water partition coefficient (Wildman–Crippen LogP) is 1.46. The fraction of sp³-hybridized carbons (Fsp3) is 0.409. The van der Waals surface area contributed by atoms with E-state index in [2.05, 4.69) is 35.7 Å². The number of aromatic nitrogens is 4. The van der Waals surface area contributed by atoms with Gasteiger partial charge in [-0.2, -0.15) is 0 Å². The van der Waals surface area contributed by atoms with Crippen molar-refractivity contribution in [3.8, 4) is 23.0 Å². The second-order valence-corrected chi connectivity index (χ2v) is 8.28. The van der Waals surface area contributed by atoms with Gasteiger partial charge in [-0.05, 0) is 24.7 Å². The molecule has 1 saturated carbocycles. The quantitative estimate of drug-likeness (QED) is 0.505. The number of rotatable bonds is 7. The normalized spacial score (nSPS) is 21.4. The Morgan fingerprint density at radius 1 is 1.19 bits per heavy atom. The molecule has 10 nitrogen and oxygen atoms in total. The molecule has 2 unspecified atom stereocenters. The molecule has 0 spiro atoms. The van der Waals surface area contributed by atoms with Crippen LogP contribution in [0.25, 0.3) is 23.0 Å². The first kappa shape index (κ1) is 20.4. The van der Waals surface area contributed by atoms with Crippen LogP contribution in [0.15, 0.2) is 34.9 Å². The molecule has 32 heavy (non-hydrogen) atoms. The molecule has 2 aliphatic rings. The molecule has 2 aromatic heterocycles. The lowest BCUT2D eigenvalue weighted by atomic mass is 10.1. The molecular formula is C22H26N8O2. The van der Waals surface area contributed by atoms with Crippen LogP contribution < -0.4 is 21.3 Å². The van der Waals surface area contributed by atoms with Crippen LogP contribution in [-0.2, 0) is 11.3 Å². The Morgan fingerprint density at radius 2 is 1.91 bits per heavy atom. The van der Waals surface area contributed by atoms with E-state index in [1.165, 1.54) is 5.56 Å². The summed E-state index contributed by atoms with van der Waals surface area (Å²) in [6, 6.07) is 8.19. The minimum atomic E-state index is 0.106. The summed E-state index contributed by atoms with van der Waals surface area (Å²) in [5.74, 6) is 2.62. The predicted molar refractivity (Wildman–Crippen MR) is 119 cm³/mol. The molecule has 2 atom stereocenters. The Labute approximate surface area is 185 Å². The number of anilines is 2. The van der Waals surface area contributed by atoms with Crippen LogP contribution in [0.1, 0.15) is 18.9 Å². The SMILES string of the molecule is CCC(=O)NC1C2CN(c3cnc(N)c(-c4nnc(-c5ccc(CNC)cc5)o4)n3)CC21. The Hall–Kier alpha value is -3.53. The summed E-state index contributed by atoms with van der Waals surface area (Å²) in [5, 5.41) is 14.5. The van der Waals surface area contributed by atoms with Crippen LogP contribution in [0.4, 0.5) is 11.6 Å². The van der Waals surface area contributed by atoms with Crippen molar-refractivity contribution in [1.82, 2.24) is 30.8 Å². The van der Waals surface area contributed by atoms with E-state index in [1.54, 1.807) is 6.20 Å². The minimum Gasteiger partial charge on any atom is -0.414 e. The standard InChI is InChI=1S/C22H26N8O2/c1-3-17(31)27-18-14-10-30(11-15(14)18)16-9-25-20(23)19(26-16)22-29-28-21(32-22)13-6-4-12(5-7-13)8-24-2/h4-7,9,14-15,18,24H,3,8,10-11H2,1-2H3,(H2,23,25)(H,27,31). The molecule has 3 aromatic rings. The van der Waals surface area contributed by atoms with Crippen molar-refractivity contribution in [3.63, 3.8) is 0 Å². The number of amides is 1. The molecule has 4 N–H and O–H groups in total. The summed E-state index contributed by atoms with van der Waals surface area (Å²) in [7, 11) is 1.91. The highest BCUT2D eigenvalue weighted by Gasteiger charge is 2.56. The van der Waals surface area contributed by atoms with E-state index >= 15 is 0 Å². The number of piperidine rings is 1. The first-order valence-corrected chi connectivity index (χ1v) is 10.8. The Balaban J connectivity index is 1.31. The maximum atomic E-state index is 11.6. The van der Waals surface area contributed by atoms with Gasteiger partial charge in [-0.15, -0.1) is 10.2 Å². The van der Waals surface area contributed by atoms with Crippen molar-refractivity contribution in [2.24, 2.45) is 11.8 Å². The largest absolute Gasteiger partial charge is 0.414 e. The van der Waals surface area contributed by atoms with Gasteiger partial charge < -0.3 is 25.7 Å². The lowest BCUT2D eigenvalue weighted by Gasteiger charge is -2.21. The number of hydrogen-bond acceptors (Lipinski definition) is 9. The number of nitrogens with zero attached hydrogens (tertiary/aromatic N) is 5. The number of nitrogen functional groups attached to an aromatic ring is 1. The molecule has 1 aromatic carbocycles. The number of nitrogens with one attached hydrogen (secondary N) is 2. The maximum Gasteiger partial charge on any atom is 0.270 e. The van der Waals surface area contributed by atoms with Gasteiger partial charge in [0.2, 0.25) is 11.8 Å². The molecule has 3 heterocycles. The number of carbonyl (C=O) groups excluding carboxylic acids is 1. The lowest BCUT2D eigenvalue weighted by molar-refractivity contribution is -0.121. The molecule has 1 saturated heterocycles. The van der Waals surface area contributed by atoms with Crippen molar-refractivity contribution in [3.05, 3.63) is 36.0 Å². The smallest absolute Gasteiger partial charge is 0.270 e. The highest BCUT2D eigenvalue weighted by molar-refractivity contribution is 5.76. The summed E-state index contributed by atoms with van der Waals surface area (Å²) in [6.45, 7) is 4.31. The van der Waals surface area contributed by atoms with Crippen LogP contribution >= 0.6 is 0 Å². The average molecular weight is 435 g/mol. The number of benzene rings is 1. The molecule has 10 heteroatoms. The van der Waals surface area contributed by atoms with Crippen LogP contribution in [-0.4, -0.2) is 52.3 Å². The van der Waals surface area contributed by atoms with Gasteiger partial charge in [-0.3, -0.25) is 4.79 Å². The third kappa shape index (κ3) is 3.77. The number of nitrogens with two attached hydrogens (primary N) is 1. The van der Waals surface area contributed by atoms with Gasteiger partial charge in [0.1, 0.15) is 5.82 Å². The lowest BCUT2D eigenvalue weighted by Crippen LogP contribution is -2.34. The summed E-state index contributed by atoms with van der Waals surface area (Å²) in [6.07, 6.45) is 2.18. The van der Waals surface area contributed by atoms with E-state index in [1.807, 2.05) is 38.2 Å². The molecule has 5 rings (SSSR count). The number of fused-ring (bicyclic) bond motifs is 1. The first-order chi connectivity index (χ1) is 15.6. The molecule has 1 aliphatic carbocycles. The topological polar surface area (TPSA) is 135 Å². The fourth-order valence-corrected chi connectivity index (χ4v) is 4.32. The second kappa shape index (κ2) is 8.19. The van der Waals surface area contributed by atoms with Crippen LogP contribution in [0, 0.1) is 11.8 Å². The molecule has 166 valence electrons. The van der Waals surface area contributed by atoms with E-state index in [0.717, 1.165) is 31.0 Å². The van der Waals surface area contributed by atoms with E-state index in [4.69, 9.17) is 10.2 Å². The number of carbonyl (C=O) groups is 1. The first-order valence-electron chi connectivity index (χ1n) is 10.8. The van der Waals surface area contributed by atoms with Crippen LogP contribution in [0.2, 0.25) is 0 Å². The van der Waals surface area contributed by atoms with Crippen molar-refractivity contribution in [2.45, 2.75) is 25.9 Å². The van der Waals surface area contributed by atoms with E-state index < -0.39 is 0 Å². The van der Waals surface area contributed by atoms with Gasteiger partial charge in [-0.1, -0.05) is 19.1 Å². The molecule has 1 amide bonds. The molecule has 0 radical (unpaired) electrons. The van der Waals surface area contributed by atoms with Crippen molar-refractivity contribution in [2.75, 3.05) is 30.8 Å². The molecule has 1 aliphatic heterocycles. The highest BCUT2D eigenvalue weighted by atomic mass is 16.4. The highest BCUT2D eigenvalue weighted by Crippen LogP contribution is 2.46. The number of hydrogen-bond donors (Lipinski definition) is 3. The molecule has 0 bridgehead atoms.